The molecule has 3 aromatic rings. The molecule has 0 fully saturated rings. The van der Waals surface area contributed by atoms with Crippen molar-refractivity contribution >= 4 is 38.8 Å². The van der Waals surface area contributed by atoms with Gasteiger partial charge in [-0.2, -0.15) is 13.2 Å². The van der Waals surface area contributed by atoms with Crippen molar-refractivity contribution in [2.24, 2.45) is 0 Å². The Hall–Kier alpha value is -1.86. The van der Waals surface area contributed by atoms with E-state index in [1.807, 2.05) is 0 Å². The fourth-order valence-corrected chi connectivity index (χ4v) is 3.01. The van der Waals surface area contributed by atoms with Crippen molar-refractivity contribution in [1.29, 1.82) is 0 Å². The molecule has 0 aliphatic rings. The molecule has 0 unspecified atom stereocenters. The maximum atomic E-state index is 13.2. The highest BCUT2D eigenvalue weighted by Gasteiger charge is 2.37. The SMILES string of the molecule is O=C(c1c(Cl)cccc1C(F)(F)F)c1nc(Br)c2ccccn12. The van der Waals surface area contributed by atoms with Crippen molar-refractivity contribution in [3.8, 4) is 0 Å². The predicted octanol–water partition coefficient (Wildman–Crippen LogP) is 5.00. The second-order valence-corrected chi connectivity index (χ2v) is 5.83. The van der Waals surface area contributed by atoms with Gasteiger partial charge in [0.15, 0.2) is 5.82 Å². The summed E-state index contributed by atoms with van der Waals surface area (Å²) in [5.41, 5.74) is -1.12. The summed E-state index contributed by atoms with van der Waals surface area (Å²) in [6, 6.07) is 8.29. The number of rotatable bonds is 2. The number of hydrogen-bond donors (Lipinski definition) is 0. The zero-order valence-corrected chi connectivity index (χ0v) is 13.6. The van der Waals surface area contributed by atoms with Gasteiger partial charge in [-0.25, -0.2) is 4.98 Å². The van der Waals surface area contributed by atoms with Crippen molar-refractivity contribution in [2.75, 3.05) is 0 Å². The monoisotopic (exact) mass is 402 g/mol. The summed E-state index contributed by atoms with van der Waals surface area (Å²) in [6.45, 7) is 0. The van der Waals surface area contributed by atoms with E-state index in [9.17, 15) is 18.0 Å². The van der Waals surface area contributed by atoms with Crippen molar-refractivity contribution in [3.63, 3.8) is 0 Å². The lowest BCUT2D eigenvalue weighted by Crippen LogP contribution is -2.16. The summed E-state index contributed by atoms with van der Waals surface area (Å²) in [6.07, 6.45) is -3.15. The molecule has 0 atom stereocenters. The number of fused-ring (bicyclic) bond motifs is 1. The van der Waals surface area contributed by atoms with Crippen LogP contribution in [0.25, 0.3) is 5.52 Å². The number of imidazole rings is 1. The largest absolute Gasteiger partial charge is 0.417 e. The van der Waals surface area contributed by atoms with E-state index in [0.717, 1.165) is 12.1 Å². The zero-order chi connectivity index (χ0) is 16.8. The minimum Gasteiger partial charge on any atom is -0.296 e. The first-order chi connectivity index (χ1) is 10.8. The number of nitrogens with zero attached hydrogens (tertiary/aromatic N) is 2. The number of hydrogen-bond acceptors (Lipinski definition) is 2. The average Bonchev–Trinajstić information content (AvgIpc) is 2.83. The van der Waals surface area contributed by atoms with Crippen molar-refractivity contribution in [3.05, 3.63) is 69.2 Å². The minimum atomic E-state index is -4.69. The summed E-state index contributed by atoms with van der Waals surface area (Å²) >= 11 is 9.06. The maximum Gasteiger partial charge on any atom is 0.417 e. The molecule has 0 spiro atoms. The molecule has 2 heterocycles. The lowest BCUT2D eigenvalue weighted by molar-refractivity contribution is -0.137. The van der Waals surface area contributed by atoms with Crippen LogP contribution >= 0.6 is 27.5 Å². The van der Waals surface area contributed by atoms with Gasteiger partial charge in [0.25, 0.3) is 0 Å². The Morgan fingerprint density at radius 2 is 1.91 bits per heavy atom. The third-order valence-corrected chi connectivity index (χ3v) is 4.15. The van der Waals surface area contributed by atoms with Gasteiger partial charge in [0.1, 0.15) is 4.60 Å². The molecule has 118 valence electrons. The van der Waals surface area contributed by atoms with E-state index in [4.69, 9.17) is 11.6 Å². The third-order valence-electron chi connectivity index (χ3n) is 3.25. The Morgan fingerprint density at radius 1 is 1.17 bits per heavy atom. The molecule has 8 heteroatoms. The molecule has 0 N–H and O–H groups in total. The molecule has 0 radical (unpaired) electrons. The van der Waals surface area contributed by atoms with Crippen LogP contribution in [0.5, 0.6) is 0 Å². The lowest BCUT2D eigenvalue weighted by atomic mass is 10.0. The molecule has 2 aromatic heterocycles. The van der Waals surface area contributed by atoms with Crippen LogP contribution in [0.2, 0.25) is 5.02 Å². The molecule has 23 heavy (non-hydrogen) atoms. The molecule has 0 aliphatic heterocycles. The van der Waals surface area contributed by atoms with Gasteiger partial charge in [0.05, 0.1) is 21.7 Å². The van der Waals surface area contributed by atoms with Crippen LogP contribution < -0.4 is 0 Å². The van der Waals surface area contributed by atoms with Crippen molar-refractivity contribution < 1.29 is 18.0 Å². The molecule has 3 rings (SSSR count). The first-order valence-corrected chi connectivity index (χ1v) is 7.51. The molecular weight excluding hydrogens is 397 g/mol. The quantitative estimate of drug-likeness (QED) is 0.564. The van der Waals surface area contributed by atoms with E-state index in [1.54, 1.807) is 24.4 Å². The topological polar surface area (TPSA) is 34.4 Å². The second-order valence-electron chi connectivity index (χ2n) is 4.67. The number of halogens is 5. The van der Waals surface area contributed by atoms with E-state index >= 15 is 0 Å². The van der Waals surface area contributed by atoms with Crippen LogP contribution in [0.15, 0.2) is 47.2 Å². The van der Waals surface area contributed by atoms with Crippen molar-refractivity contribution in [1.82, 2.24) is 9.38 Å². The van der Waals surface area contributed by atoms with Crippen molar-refractivity contribution in [2.45, 2.75) is 6.18 Å². The Labute approximate surface area is 141 Å². The summed E-state index contributed by atoms with van der Waals surface area (Å²) < 4.78 is 41.3. The summed E-state index contributed by atoms with van der Waals surface area (Å²) in [7, 11) is 0. The highest BCUT2D eigenvalue weighted by atomic mass is 79.9. The highest BCUT2D eigenvalue weighted by molar-refractivity contribution is 9.10. The third kappa shape index (κ3) is 2.74. The number of alkyl halides is 3. The molecule has 0 saturated carbocycles. The van der Waals surface area contributed by atoms with E-state index < -0.39 is 23.1 Å². The minimum absolute atomic E-state index is 0.147. The number of ketones is 1. The standard InChI is InChI=1S/C15H7BrClF3N2O/c16-13-10-6-1-2-7-22(10)14(21-13)12(23)11-8(15(18,19)20)4-3-5-9(11)17/h1-7H. The van der Waals surface area contributed by atoms with E-state index in [2.05, 4.69) is 20.9 Å². The number of aromatic nitrogens is 2. The molecule has 1 aromatic carbocycles. The van der Waals surface area contributed by atoms with Crippen LogP contribution in [-0.2, 0) is 6.18 Å². The number of pyridine rings is 1. The predicted molar refractivity (Wildman–Crippen MR) is 82.8 cm³/mol. The lowest BCUT2D eigenvalue weighted by Gasteiger charge is -2.12. The molecule has 3 nitrogen and oxygen atoms in total. The fraction of sp³-hybridized carbons (Fsp3) is 0.0667. The van der Waals surface area contributed by atoms with Crippen LogP contribution in [0.3, 0.4) is 0 Å². The summed E-state index contributed by atoms with van der Waals surface area (Å²) in [5.74, 6) is -1.04. The second kappa shape index (κ2) is 5.65. The molecular formula is C15H7BrClF3N2O. The fourth-order valence-electron chi connectivity index (χ4n) is 2.26. The van der Waals surface area contributed by atoms with Crippen LogP contribution in [0.1, 0.15) is 21.7 Å². The van der Waals surface area contributed by atoms with Crippen LogP contribution in [-0.4, -0.2) is 15.2 Å². The summed E-state index contributed by atoms with van der Waals surface area (Å²) in [5, 5.41) is -0.270. The first-order valence-electron chi connectivity index (χ1n) is 6.33. The number of carbonyl (C=O) groups excluding carboxylic acids is 1. The normalized spacial score (nSPS) is 11.9. The molecule has 0 amide bonds. The first kappa shape index (κ1) is 16.0. The van der Waals surface area contributed by atoms with Gasteiger partial charge in [0.2, 0.25) is 5.78 Å². The Kier molecular flexibility index (Phi) is 3.93. The molecule has 0 saturated heterocycles. The number of carbonyl (C=O) groups is 1. The highest BCUT2D eigenvalue weighted by Crippen LogP contribution is 2.36. The van der Waals surface area contributed by atoms with Gasteiger partial charge < -0.3 is 0 Å². The Morgan fingerprint density at radius 3 is 2.61 bits per heavy atom. The number of benzene rings is 1. The summed E-state index contributed by atoms with van der Waals surface area (Å²) in [4.78, 5) is 16.7. The van der Waals surface area contributed by atoms with Gasteiger partial charge >= 0.3 is 6.18 Å². The van der Waals surface area contributed by atoms with Gasteiger partial charge in [0, 0.05) is 6.20 Å². The Balaban J connectivity index is 2.25. The van der Waals surface area contributed by atoms with Gasteiger partial charge in [-0.05, 0) is 40.2 Å². The van der Waals surface area contributed by atoms with Gasteiger partial charge in [-0.3, -0.25) is 9.20 Å². The van der Waals surface area contributed by atoms with Gasteiger partial charge in [-0.1, -0.05) is 23.7 Å². The zero-order valence-electron chi connectivity index (χ0n) is 11.2. The molecule has 0 aliphatic carbocycles. The van der Waals surface area contributed by atoms with Crippen LogP contribution in [0.4, 0.5) is 13.2 Å². The average molecular weight is 404 g/mol. The van der Waals surface area contributed by atoms with Gasteiger partial charge in [-0.15, -0.1) is 0 Å². The van der Waals surface area contributed by atoms with Crippen LogP contribution in [0, 0.1) is 0 Å². The molecule has 0 bridgehead atoms. The van der Waals surface area contributed by atoms with E-state index in [-0.39, 0.29) is 10.8 Å². The Bertz CT molecular complexity index is 921. The maximum absolute atomic E-state index is 13.2. The van der Waals surface area contributed by atoms with E-state index in [0.29, 0.717) is 10.1 Å². The smallest absolute Gasteiger partial charge is 0.296 e. The van der Waals surface area contributed by atoms with E-state index in [1.165, 1.54) is 10.5 Å².